The summed E-state index contributed by atoms with van der Waals surface area (Å²) in [4.78, 5) is 0.816. The maximum atomic E-state index is 6.05. The number of hydrogen-bond donors (Lipinski definition) is 2. The zero-order chi connectivity index (χ0) is 11.3. The number of ether oxygens (including phenoxy) is 1. The molecule has 0 radical (unpaired) electrons. The van der Waals surface area contributed by atoms with Crippen LogP contribution in [0, 0.1) is 5.92 Å². The molecule has 88 valence electrons. The number of thiocarbonyl (C=S) groups is 1. The van der Waals surface area contributed by atoms with E-state index in [-0.39, 0.29) is 6.04 Å². The van der Waals surface area contributed by atoms with Gasteiger partial charge < -0.3 is 15.8 Å². The van der Waals surface area contributed by atoms with Crippen molar-refractivity contribution in [1.29, 1.82) is 0 Å². The summed E-state index contributed by atoms with van der Waals surface area (Å²) in [5.41, 5.74) is 6.05. The average Bonchev–Trinajstić information content (AvgIpc) is 2.28. The summed E-state index contributed by atoms with van der Waals surface area (Å²) in [5.74, 6) is 0.449. The standard InChI is InChI=1S/C11H22N2OS/c1-3-8(2)10(12)11(15)13-9-4-6-14-7-5-9/h8-10H,3-7,12H2,1-2H3,(H,13,15)/t8?,10-/m0/s1. The lowest BCUT2D eigenvalue weighted by Crippen LogP contribution is -2.48. The van der Waals surface area contributed by atoms with Crippen molar-refractivity contribution in [3.8, 4) is 0 Å². The third kappa shape index (κ3) is 4.05. The maximum absolute atomic E-state index is 6.05. The number of rotatable bonds is 4. The lowest BCUT2D eigenvalue weighted by atomic mass is 9.99. The highest BCUT2D eigenvalue weighted by molar-refractivity contribution is 7.80. The minimum Gasteiger partial charge on any atom is -0.381 e. The number of hydrogen-bond acceptors (Lipinski definition) is 3. The second kappa shape index (κ2) is 6.40. The SMILES string of the molecule is CCC(C)[C@H](N)C(=S)NC1CCOCC1. The van der Waals surface area contributed by atoms with Crippen molar-refractivity contribution in [3.05, 3.63) is 0 Å². The molecule has 1 fully saturated rings. The van der Waals surface area contributed by atoms with Crippen LogP contribution in [0.3, 0.4) is 0 Å². The van der Waals surface area contributed by atoms with Crippen molar-refractivity contribution in [2.75, 3.05) is 13.2 Å². The van der Waals surface area contributed by atoms with E-state index in [0.29, 0.717) is 12.0 Å². The van der Waals surface area contributed by atoms with E-state index in [1.165, 1.54) is 0 Å². The summed E-state index contributed by atoms with van der Waals surface area (Å²) < 4.78 is 5.30. The van der Waals surface area contributed by atoms with Crippen molar-refractivity contribution in [1.82, 2.24) is 5.32 Å². The molecule has 0 saturated carbocycles. The molecule has 1 unspecified atom stereocenters. The highest BCUT2D eigenvalue weighted by Crippen LogP contribution is 2.10. The molecule has 1 rings (SSSR count). The Morgan fingerprint density at radius 1 is 1.53 bits per heavy atom. The highest BCUT2D eigenvalue weighted by Gasteiger charge is 2.20. The van der Waals surface area contributed by atoms with Crippen LogP contribution in [0.2, 0.25) is 0 Å². The normalized spacial score (nSPS) is 22.1. The fourth-order valence-corrected chi connectivity index (χ4v) is 2.05. The molecule has 4 heteroatoms. The molecule has 0 aliphatic carbocycles. The minimum absolute atomic E-state index is 0.00663. The van der Waals surface area contributed by atoms with Gasteiger partial charge in [0, 0.05) is 19.3 Å². The molecule has 0 bridgehead atoms. The van der Waals surface area contributed by atoms with Gasteiger partial charge in [-0.05, 0) is 18.8 Å². The second-order valence-corrected chi connectivity index (χ2v) is 4.75. The molecule has 3 nitrogen and oxygen atoms in total. The van der Waals surface area contributed by atoms with E-state index in [9.17, 15) is 0 Å². The van der Waals surface area contributed by atoms with E-state index >= 15 is 0 Å². The first-order valence-corrected chi connectivity index (χ1v) is 6.19. The van der Waals surface area contributed by atoms with Gasteiger partial charge in [-0.15, -0.1) is 0 Å². The number of nitrogens with one attached hydrogen (secondary N) is 1. The van der Waals surface area contributed by atoms with Gasteiger partial charge in [0.15, 0.2) is 0 Å². The molecule has 0 aromatic carbocycles. The summed E-state index contributed by atoms with van der Waals surface area (Å²) in [5, 5.41) is 3.36. The molecule has 1 aliphatic rings. The molecule has 3 N–H and O–H groups in total. The summed E-state index contributed by atoms with van der Waals surface area (Å²) in [7, 11) is 0. The van der Waals surface area contributed by atoms with Gasteiger partial charge >= 0.3 is 0 Å². The molecular formula is C11H22N2OS. The van der Waals surface area contributed by atoms with Gasteiger partial charge in [-0.3, -0.25) is 0 Å². The molecule has 1 aliphatic heterocycles. The van der Waals surface area contributed by atoms with Crippen molar-refractivity contribution in [3.63, 3.8) is 0 Å². The molecule has 0 aromatic rings. The van der Waals surface area contributed by atoms with Crippen molar-refractivity contribution < 1.29 is 4.74 Å². The van der Waals surface area contributed by atoms with Crippen LogP contribution in [0.4, 0.5) is 0 Å². The predicted molar refractivity (Wildman–Crippen MR) is 67.0 cm³/mol. The Morgan fingerprint density at radius 3 is 2.67 bits per heavy atom. The van der Waals surface area contributed by atoms with E-state index in [4.69, 9.17) is 22.7 Å². The third-order valence-electron chi connectivity index (χ3n) is 3.13. The van der Waals surface area contributed by atoms with Crippen LogP contribution in [-0.2, 0) is 4.74 Å². The van der Waals surface area contributed by atoms with Gasteiger partial charge in [0.2, 0.25) is 0 Å². The van der Waals surface area contributed by atoms with E-state index in [0.717, 1.165) is 37.5 Å². The van der Waals surface area contributed by atoms with Crippen LogP contribution < -0.4 is 11.1 Å². The molecule has 0 amide bonds. The summed E-state index contributed by atoms with van der Waals surface area (Å²) >= 11 is 5.32. The lowest BCUT2D eigenvalue weighted by molar-refractivity contribution is 0.0823. The molecule has 15 heavy (non-hydrogen) atoms. The van der Waals surface area contributed by atoms with Crippen LogP contribution in [0.5, 0.6) is 0 Å². The molecule has 1 heterocycles. The summed E-state index contributed by atoms with van der Waals surface area (Å²) in [6, 6.07) is 0.453. The lowest BCUT2D eigenvalue weighted by Gasteiger charge is -2.28. The summed E-state index contributed by atoms with van der Waals surface area (Å²) in [6.07, 6.45) is 3.14. The van der Waals surface area contributed by atoms with Crippen LogP contribution in [-0.4, -0.2) is 30.3 Å². The van der Waals surface area contributed by atoms with Crippen molar-refractivity contribution in [2.45, 2.75) is 45.2 Å². The van der Waals surface area contributed by atoms with Crippen molar-refractivity contribution >= 4 is 17.2 Å². The van der Waals surface area contributed by atoms with Gasteiger partial charge in [0.1, 0.15) is 0 Å². The predicted octanol–water partition coefficient (Wildman–Crippen LogP) is 1.46. The van der Waals surface area contributed by atoms with Crippen LogP contribution in [0.25, 0.3) is 0 Å². The maximum Gasteiger partial charge on any atom is 0.0928 e. The Kier molecular flexibility index (Phi) is 5.50. The Bertz CT molecular complexity index is 205. The Morgan fingerprint density at radius 2 is 2.13 bits per heavy atom. The monoisotopic (exact) mass is 230 g/mol. The zero-order valence-electron chi connectivity index (χ0n) is 9.66. The topological polar surface area (TPSA) is 47.3 Å². The van der Waals surface area contributed by atoms with Gasteiger partial charge in [0.25, 0.3) is 0 Å². The quantitative estimate of drug-likeness (QED) is 0.718. The van der Waals surface area contributed by atoms with Crippen LogP contribution in [0.1, 0.15) is 33.1 Å². The molecular weight excluding hydrogens is 208 g/mol. The Labute approximate surface area is 97.7 Å². The Balaban J connectivity index is 2.33. The third-order valence-corrected chi connectivity index (χ3v) is 3.52. The van der Waals surface area contributed by atoms with E-state index in [1.807, 2.05) is 0 Å². The highest BCUT2D eigenvalue weighted by atomic mass is 32.1. The van der Waals surface area contributed by atoms with E-state index in [2.05, 4.69) is 19.2 Å². The fraction of sp³-hybridized carbons (Fsp3) is 0.909. The number of nitrogens with two attached hydrogens (primary N) is 1. The van der Waals surface area contributed by atoms with Crippen molar-refractivity contribution in [2.24, 2.45) is 11.7 Å². The van der Waals surface area contributed by atoms with Crippen LogP contribution >= 0.6 is 12.2 Å². The smallest absolute Gasteiger partial charge is 0.0928 e. The molecule has 0 spiro atoms. The largest absolute Gasteiger partial charge is 0.381 e. The van der Waals surface area contributed by atoms with E-state index in [1.54, 1.807) is 0 Å². The van der Waals surface area contributed by atoms with Gasteiger partial charge in [-0.25, -0.2) is 0 Å². The van der Waals surface area contributed by atoms with E-state index < -0.39 is 0 Å². The minimum atomic E-state index is -0.00663. The van der Waals surface area contributed by atoms with Gasteiger partial charge in [0.05, 0.1) is 11.0 Å². The van der Waals surface area contributed by atoms with Gasteiger partial charge in [-0.2, -0.15) is 0 Å². The van der Waals surface area contributed by atoms with Gasteiger partial charge in [-0.1, -0.05) is 32.5 Å². The first-order chi connectivity index (χ1) is 7.15. The first-order valence-electron chi connectivity index (χ1n) is 5.78. The molecule has 0 aromatic heterocycles. The second-order valence-electron chi connectivity index (χ2n) is 4.31. The fourth-order valence-electron chi connectivity index (χ4n) is 1.65. The first kappa shape index (κ1) is 12.9. The zero-order valence-corrected chi connectivity index (χ0v) is 10.5. The molecule has 1 saturated heterocycles. The molecule has 2 atom stereocenters. The summed E-state index contributed by atoms with van der Waals surface area (Å²) in [6.45, 7) is 5.95. The Hall–Kier alpha value is -0.190. The average molecular weight is 230 g/mol. The van der Waals surface area contributed by atoms with Crippen LogP contribution in [0.15, 0.2) is 0 Å².